The Morgan fingerprint density at radius 2 is 0.938 bits per heavy atom. The molecule has 6 aromatic carbocycles. The second-order valence-corrected chi connectivity index (χ2v) is 17.5. The van der Waals surface area contributed by atoms with E-state index in [0.29, 0.717) is 0 Å². The maximum Gasteiger partial charge on any atom is 1.00 e. The van der Waals surface area contributed by atoms with Crippen molar-refractivity contribution in [3.05, 3.63) is 97.1 Å². The molecular weight excluding hydrogens is 965 g/mol. The molecule has 29 heteroatoms. The average Bonchev–Trinajstić information content (AvgIpc) is 3.17. The van der Waals surface area contributed by atoms with Crippen LogP contribution in [0.1, 0.15) is 0 Å². The van der Waals surface area contributed by atoms with Crippen LogP contribution < -0.4 is 138 Å². The van der Waals surface area contributed by atoms with E-state index in [1.54, 1.807) is 0 Å². The van der Waals surface area contributed by atoms with Crippen LogP contribution in [0.5, 0.6) is 11.5 Å². The van der Waals surface area contributed by atoms with Crippen LogP contribution in [-0.4, -0.2) is 72.1 Å². The summed E-state index contributed by atoms with van der Waals surface area (Å²) < 4.78 is 152. The van der Waals surface area contributed by atoms with E-state index < -0.39 is 66.1 Å². The van der Waals surface area contributed by atoms with Crippen LogP contribution in [0.25, 0.3) is 21.5 Å². The predicted octanol–water partition coefficient (Wildman–Crippen LogP) is -6.72. The Bertz CT molecular complexity index is 3310. The smallest absolute Gasteiger partial charge is 0.846 e. The van der Waals surface area contributed by atoms with Crippen LogP contribution in [0.15, 0.2) is 142 Å². The van der Waals surface area contributed by atoms with Gasteiger partial charge in [0, 0.05) is 33.7 Å². The van der Waals surface area contributed by atoms with Crippen LogP contribution in [0, 0.1) is 0 Å². The fraction of sp³-hybridized carbons (Fsp3) is 0.0571. The molecular formula is C35H24N6Na4O15S4. The van der Waals surface area contributed by atoms with Crippen molar-refractivity contribution in [1.29, 1.82) is 0 Å². The number of rotatable bonds is 12. The molecule has 0 aliphatic rings. The van der Waals surface area contributed by atoms with Gasteiger partial charge in [-0.05, 0) is 60.7 Å². The van der Waals surface area contributed by atoms with Crippen molar-refractivity contribution in [1.82, 2.24) is 0 Å². The molecule has 0 bridgehead atoms. The number of amidine groups is 1. The molecule has 6 aromatic rings. The third kappa shape index (κ3) is 13.8. The van der Waals surface area contributed by atoms with Crippen molar-refractivity contribution in [2.24, 2.45) is 25.4 Å². The number of benzene rings is 6. The number of hydrogen-bond acceptors (Lipinski definition) is 19. The van der Waals surface area contributed by atoms with Crippen molar-refractivity contribution in [3.8, 4) is 11.5 Å². The minimum Gasteiger partial charge on any atom is -0.846 e. The molecule has 0 unspecified atom stereocenters. The Balaban J connectivity index is 0.00000352. The van der Waals surface area contributed by atoms with Crippen LogP contribution in [0.3, 0.4) is 0 Å². The number of ether oxygens (including phenoxy) is 2. The minimum atomic E-state index is -5.17. The van der Waals surface area contributed by atoms with Gasteiger partial charge in [0.2, 0.25) is 0 Å². The molecule has 0 atom stereocenters. The first kappa shape index (κ1) is 57.7. The van der Waals surface area contributed by atoms with Gasteiger partial charge in [0.25, 0.3) is 10.1 Å². The van der Waals surface area contributed by atoms with E-state index >= 15 is 0 Å². The predicted molar refractivity (Wildman–Crippen MR) is 207 cm³/mol. The Morgan fingerprint density at radius 1 is 0.516 bits per heavy atom. The van der Waals surface area contributed by atoms with Gasteiger partial charge in [0.05, 0.1) is 63.4 Å². The van der Waals surface area contributed by atoms with Gasteiger partial charge in [-0.1, -0.05) is 24.3 Å². The molecule has 0 aromatic heterocycles. The van der Waals surface area contributed by atoms with Gasteiger partial charge in [-0.25, -0.2) is 30.2 Å². The summed E-state index contributed by atoms with van der Waals surface area (Å²) in [7, 11) is -17.7. The zero-order chi connectivity index (χ0) is 43.8. The molecule has 2 N–H and O–H groups in total. The molecule has 0 saturated heterocycles. The van der Waals surface area contributed by atoms with Crippen LogP contribution in [0.2, 0.25) is 0 Å². The summed E-state index contributed by atoms with van der Waals surface area (Å²) in [5, 5.41) is 30.1. The fourth-order valence-corrected chi connectivity index (χ4v) is 8.55. The minimum absolute atomic E-state index is 0. The van der Waals surface area contributed by atoms with Gasteiger partial charge in [0.15, 0.2) is 0 Å². The number of nitrogens with zero attached hydrogens (tertiary/aromatic N) is 5. The second-order valence-electron chi connectivity index (χ2n) is 12.1. The molecule has 0 radical (unpaired) electrons. The monoisotopic (exact) mass is 988 g/mol. The first-order valence-corrected chi connectivity index (χ1v) is 21.9. The van der Waals surface area contributed by atoms with E-state index in [1.807, 2.05) is 0 Å². The Labute approximate surface area is 454 Å². The van der Waals surface area contributed by atoms with Crippen molar-refractivity contribution < 1.29 is 185 Å². The summed E-state index contributed by atoms with van der Waals surface area (Å²) in [4.78, 5) is 0.900. The molecule has 0 saturated carbocycles. The van der Waals surface area contributed by atoms with E-state index in [9.17, 15) is 57.0 Å². The third-order valence-electron chi connectivity index (χ3n) is 8.27. The number of aliphatic imine (C=N–C) groups is 1. The standard InChI is InChI=1S/C35H28N6O15S4.4Na/c1-55-29-15-19(38-40-21-13-25-23(33(17-21)59(49,50)51)5-3-7-31(25)57(43,44)45)9-11-27(29)36-35(42)37-28-12-10-20(16-30(28)56-2)39-41-22-14-26-24(34(18-22)60(52,53)54)6-4-8-32(26)58(46,47)48;;;;/h3-18H,1-2H3,(H2,36,37,42)(H,43,44,45)(H,46,47,48)(H,49,50,51)(H,52,53,54);;;;/q;4*+1/p-4. The van der Waals surface area contributed by atoms with Crippen molar-refractivity contribution in [2.45, 2.75) is 19.6 Å². The van der Waals surface area contributed by atoms with Gasteiger partial charge in [-0.3, -0.25) is 4.55 Å². The van der Waals surface area contributed by atoms with E-state index in [2.05, 4.69) is 30.8 Å². The van der Waals surface area contributed by atoms with Crippen molar-refractivity contribution in [2.75, 3.05) is 19.5 Å². The van der Waals surface area contributed by atoms with Crippen LogP contribution in [-0.2, 0) is 40.5 Å². The maximum atomic E-state index is 13.0. The molecule has 64 heavy (non-hydrogen) atoms. The number of nitrogens with one attached hydrogen (secondary N) is 1. The molecule has 0 aliphatic heterocycles. The van der Waals surface area contributed by atoms with Crippen LogP contribution in [0.4, 0.5) is 34.1 Å². The zero-order valence-corrected chi connectivity index (χ0v) is 45.5. The average molecular weight is 989 g/mol. The van der Waals surface area contributed by atoms with Gasteiger partial charge < -0.3 is 33.6 Å². The zero-order valence-electron chi connectivity index (χ0n) is 34.3. The molecule has 0 amide bonds. The summed E-state index contributed by atoms with van der Waals surface area (Å²) in [5.41, 5.74) is -0.260. The summed E-state index contributed by atoms with van der Waals surface area (Å²) >= 11 is 0. The number of fused-ring (bicyclic) bond motifs is 2. The Kier molecular flexibility index (Phi) is 20.8. The summed E-state index contributed by atoms with van der Waals surface area (Å²) in [6.45, 7) is 0. The molecule has 0 spiro atoms. The number of azo groups is 2. The quantitative estimate of drug-likeness (QED) is 0.0378. The maximum absolute atomic E-state index is 13.0. The largest absolute Gasteiger partial charge is 1.00 e. The normalized spacial score (nSPS) is 12.2. The molecule has 6 rings (SSSR count). The van der Waals surface area contributed by atoms with E-state index in [0.717, 1.165) is 54.6 Å². The van der Waals surface area contributed by atoms with Crippen molar-refractivity contribution >= 4 is 102 Å². The number of hydrogen-bond donors (Lipinski definition) is 2. The van der Waals surface area contributed by atoms with E-state index in [1.165, 1.54) is 56.7 Å². The Hall–Kier alpha value is -2.45. The second kappa shape index (κ2) is 23.0. The molecule has 0 aliphatic carbocycles. The number of methoxy groups -OCH3 is 2. The molecule has 0 heterocycles. The van der Waals surface area contributed by atoms with Gasteiger partial charge in [-0.2, -0.15) is 28.9 Å². The first-order valence-electron chi connectivity index (χ1n) is 16.3. The summed E-state index contributed by atoms with van der Waals surface area (Å²) in [5.74, 6) is 0.0624. The van der Waals surface area contributed by atoms with E-state index in [4.69, 9.17) is 9.47 Å². The molecule has 21 nitrogen and oxygen atoms in total. The first-order chi connectivity index (χ1) is 28.1. The topological polar surface area (TPSA) is 341 Å². The van der Waals surface area contributed by atoms with Crippen molar-refractivity contribution in [3.63, 3.8) is 0 Å². The summed E-state index contributed by atoms with van der Waals surface area (Å²) in [6, 6.07) is 17.6. The van der Waals surface area contributed by atoms with Crippen LogP contribution >= 0.6 is 0 Å². The SMILES string of the molecule is COc1cc(N=Nc2cc(S(=O)(=O)[O-])c3cccc(S(=O)(=O)[O-])c3c2)ccc1N=C([O-])Nc1ccc(N=Nc2cc(S(=O)(=O)O)c3cccc(S(=O)(=O)[O-])c3c2)cc1OC.[Na+].[Na+].[Na+].[Na+]. The number of anilines is 1. The van der Waals surface area contributed by atoms with Gasteiger partial charge in [0.1, 0.15) is 52.4 Å². The Morgan fingerprint density at radius 3 is 1.39 bits per heavy atom. The van der Waals surface area contributed by atoms with E-state index in [-0.39, 0.29) is 185 Å². The fourth-order valence-electron chi connectivity index (χ4n) is 5.74. The third-order valence-corrected chi connectivity index (χ3v) is 11.8. The van der Waals surface area contributed by atoms with Gasteiger partial charge >= 0.3 is 118 Å². The molecule has 0 fully saturated rings. The van der Waals surface area contributed by atoms with Gasteiger partial charge in [-0.15, -0.1) is 0 Å². The molecule has 312 valence electrons. The summed E-state index contributed by atoms with van der Waals surface area (Å²) in [6.07, 6.45) is 0.